The highest BCUT2D eigenvalue weighted by Crippen LogP contribution is 2.29. The highest BCUT2D eigenvalue weighted by atomic mass is 16.6. The molecule has 0 radical (unpaired) electrons. The van der Waals surface area contributed by atoms with Crippen molar-refractivity contribution in [3.63, 3.8) is 0 Å². The van der Waals surface area contributed by atoms with Gasteiger partial charge in [-0.05, 0) is 30.5 Å². The molecule has 1 amide bonds. The van der Waals surface area contributed by atoms with Gasteiger partial charge in [0.1, 0.15) is 5.75 Å². The molecule has 24 heavy (non-hydrogen) atoms. The summed E-state index contributed by atoms with van der Waals surface area (Å²) in [5.41, 5.74) is 3.67. The van der Waals surface area contributed by atoms with Crippen molar-refractivity contribution in [1.82, 2.24) is 9.80 Å². The van der Waals surface area contributed by atoms with Gasteiger partial charge >= 0.3 is 6.09 Å². The largest absolute Gasteiger partial charge is 0.496 e. The van der Waals surface area contributed by atoms with Crippen molar-refractivity contribution in [1.29, 1.82) is 0 Å². The number of amides is 1. The molecule has 0 aliphatic carbocycles. The van der Waals surface area contributed by atoms with Crippen LogP contribution in [0.3, 0.4) is 0 Å². The second kappa shape index (κ2) is 7.85. The highest BCUT2D eigenvalue weighted by molar-refractivity contribution is 5.68. The number of carbonyl (C=O) groups excluding carboxylic acids is 1. The smallest absolute Gasteiger partial charge is 0.410 e. The number of rotatable bonds is 4. The summed E-state index contributed by atoms with van der Waals surface area (Å²) in [6.45, 7) is 7.90. The van der Waals surface area contributed by atoms with E-state index in [1.165, 1.54) is 11.1 Å². The van der Waals surface area contributed by atoms with E-state index >= 15 is 0 Å². The van der Waals surface area contributed by atoms with Crippen LogP contribution in [-0.4, -0.2) is 62.5 Å². The number of ether oxygens (including phenoxy) is 3. The minimum Gasteiger partial charge on any atom is -0.496 e. The van der Waals surface area contributed by atoms with Gasteiger partial charge in [0.2, 0.25) is 0 Å². The minimum atomic E-state index is -0.237. The van der Waals surface area contributed by atoms with E-state index in [0.29, 0.717) is 19.7 Å². The van der Waals surface area contributed by atoms with Crippen LogP contribution in [0.4, 0.5) is 4.79 Å². The Bertz CT molecular complexity index is 585. The third-order valence-corrected chi connectivity index (χ3v) is 4.64. The molecule has 1 saturated heterocycles. The molecule has 1 fully saturated rings. The number of hydrogen-bond acceptors (Lipinski definition) is 5. The third-order valence-electron chi connectivity index (χ3n) is 4.64. The van der Waals surface area contributed by atoms with Crippen LogP contribution in [0.15, 0.2) is 12.1 Å². The molecule has 1 aromatic carbocycles. The zero-order valence-corrected chi connectivity index (χ0v) is 14.5. The SMILES string of the molecule is CCOC(=O)N1CCc2cc(CN3CCOCC3)c(OC)cc2C1. The maximum atomic E-state index is 11.9. The molecule has 2 aliphatic rings. The summed E-state index contributed by atoms with van der Waals surface area (Å²) in [6, 6.07) is 4.32. The first kappa shape index (κ1) is 17.0. The zero-order chi connectivity index (χ0) is 16.9. The topological polar surface area (TPSA) is 51.2 Å². The molecule has 0 atom stereocenters. The molecule has 0 N–H and O–H groups in total. The maximum Gasteiger partial charge on any atom is 0.410 e. The average Bonchev–Trinajstić information content (AvgIpc) is 2.62. The van der Waals surface area contributed by atoms with Crippen molar-refractivity contribution in [2.75, 3.05) is 46.6 Å². The fourth-order valence-electron chi connectivity index (χ4n) is 3.32. The van der Waals surface area contributed by atoms with Crippen LogP contribution in [0.2, 0.25) is 0 Å². The molecule has 0 saturated carbocycles. The number of fused-ring (bicyclic) bond motifs is 1. The quantitative estimate of drug-likeness (QED) is 0.843. The number of hydrogen-bond donors (Lipinski definition) is 0. The summed E-state index contributed by atoms with van der Waals surface area (Å²) in [5, 5.41) is 0. The average molecular weight is 334 g/mol. The van der Waals surface area contributed by atoms with Crippen molar-refractivity contribution >= 4 is 6.09 Å². The van der Waals surface area contributed by atoms with E-state index in [1.54, 1.807) is 12.0 Å². The van der Waals surface area contributed by atoms with Gasteiger partial charge in [-0.2, -0.15) is 0 Å². The Balaban J connectivity index is 1.76. The van der Waals surface area contributed by atoms with Crippen molar-refractivity contribution in [2.45, 2.75) is 26.4 Å². The molecule has 0 aromatic heterocycles. The summed E-state index contributed by atoms with van der Waals surface area (Å²) >= 11 is 0. The molecular formula is C18H26N2O4. The van der Waals surface area contributed by atoms with E-state index in [4.69, 9.17) is 14.2 Å². The molecular weight excluding hydrogens is 308 g/mol. The predicted octanol–water partition coefficient (Wildman–Crippen LogP) is 2.04. The van der Waals surface area contributed by atoms with Gasteiger partial charge in [-0.3, -0.25) is 4.90 Å². The standard InChI is InChI=1S/C18H26N2O4/c1-3-24-18(21)20-5-4-14-10-16(12-19-6-8-23-9-7-19)17(22-2)11-15(14)13-20/h10-11H,3-9,12-13H2,1-2H3. The Morgan fingerprint density at radius 3 is 2.71 bits per heavy atom. The van der Waals surface area contributed by atoms with Gasteiger partial charge in [-0.1, -0.05) is 6.07 Å². The van der Waals surface area contributed by atoms with Gasteiger partial charge in [0.15, 0.2) is 0 Å². The molecule has 0 unspecified atom stereocenters. The molecule has 6 nitrogen and oxygen atoms in total. The van der Waals surface area contributed by atoms with Gasteiger partial charge in [-0.25, -0.2) is 4.79 Å². The van der Waals surface area contributed by atoms with Crippen molar-refractivity contribution in [2.24, 2.45) is 0 Å². The summed E-state index contributed by atoms with van der Waals surface area (Å²) in [4.78, 5) is 16.1. The zero-order valence-electron chi connectivity index (χ0n) is 14.5. The molecule has 132 valence electrons. The van der Waals surface area contributed by atoms with E-state index in [1.807, 2.05) is 6.92 Å². The van der Waals surface area contributed by atoms with E-state index in [-0.39, 0.29) is 6.09 Å². The maximum absolute atomic E-state index is 11.9. The van der Waals surface area contributed by atoms with E-state index < -0.39 is 0 Å². The van der Waals surface area contributed by atoms with Crippen LogP contribution in [0.1, 0.15) is 23.6 Å². The lowest BCUT2D eigenvalue weighted by Crippen LogP contribution is -2.37. The van der Waals surface area contributed by atoms with E-state index in [9.17, 15) is 4.79 Å². The van der Waals surface area contributed by atoms with Crippen molar-refractivity contribution in [3.05, 3.63) is 28.8 Å². The lowest BCUT2D eigenvalue weighted by atomic mass is 9.96. The fraction of sp³-hybridized carbons (Fsp3) is 0.611. The molecule has 2 aliphatic heterocycles. The van der Waals surface area contributed by atoms with Gasteiger partial charge < -0.3 is 19.1 Å². The number of benzene rings is 1. The monoisotopic (exact) mass is 334 g/mol. The Hall–Kier alpha value is -1.79. The first-order valence-corrected chi connectivity index (χ1v) is 8.61. The van der Waals surface area contributed by atoms with Crippen LogP contribution in [0.25, 0.3) is 0 Å². The lowest BCUT2D eigenvalue weighted by molar-refractivity contribution is 0.0338. The van der Waals surface area contributed by atoms with Crippen molar-refractivity contribution in [3.8, 4) is 5.75 Å². The number of carbonyl (C=O) groups is 1. The van der Waals surface area contributed by atoms with E-state index in [2.05, 4.69) is 17.0 Å². The summed E-state index contributed by atoms with van der Waals surface area (Å²) in [6.07, 6.45) is 0.619. The Kier molecular flexibility index (Phi) is 5.58. The predicted molar refractivity (Wildman–Crippen MR) is 90.2 cm³/mol. The molecule has 1 aromatic rings. The fourth-order valence-corrected chi connectivity index (χ4v) is 3.32. The second-order valence-corrected chi connectivity index (χ2v) is 6.19. The summed E-state index contributed by atoms with van der Waals surface area (Å²) < 4.78 is 16.1. The summed E-state index contributed by atoms with van der Waals surface area (Å²) in [7, 11) is 1.70. The minimum absolute atomic E-state index is 0.237. The van der Waals surface area contributed by atoms with Crippen LogP contribution in [0, 0.1) is 0 Å². The molecule has 3 rings (SSSR count). The number of morpholine rings is 1. The van der Waals surface area contributed by atoms with Crippen LogP contribution in [-0.2, 0) is 29.0 Å². The van der Waals surface area contributed by atoms with Crippen molar-refractivity contribution < 1.29 is 19.0 Å². The highest BCUT2D eigenvalue weighted by Gasteiger charge is 2.24. The number of methoxy groups -OCH3 is 1. The lowest BCUT2D eigenvalue weighted by Gasteiger charge is -2.30. The van der Waals surface area contributed by atoms with Crippen LogP contribution >= 0.6 is 0 Å². The van der Waals surface area contributed by atoms with Crippen LogP contribution in [0.5, 0.6) is 5.75 Å². The van der Waals surface area contributed by atoms with Gasteiger partial charge in [0, 0.05) is 38.3 Å². The first-order chi connectivity index (χ1) is 11.7. The Morgan fingerprint density at radius 2 is 2.00 bits per heavy atom. The molecule has 0 spiro atoms. The molecule has 0 bridgehead atoms. The Labute approximate surface area is 143 Å². The second-order valence-electron chi connectivity index (χ2n) is 6.19. The van der Waals surface area contributed by atoms with Gasteiger partial charge in [-0.15, -0.1) is 0 Å². The van der Waals surface area contributed by atoms with Gasteiger partial charge in [0.25, 0.3) is 0 Å². The first-order valence-electron chi connectivity index (χ1n) is 8.61. The van der Waals surface area contributed by atoms with Gasteiger partial charge in [0.05, 0.1) is 26.9 Å². The number of nitrogens with zero attached hydrogens (tertiary/aromatic N) is 2. The third kappa shape index (κ3) is 3.82. The Morgan fingerprint density at radius 1 is 1.21 bits per heavy atom. The molecule has 6 heteroatoms. The van der Waals surface area contributed by atoms with E-state index in [0.717, 1.165) is 50.6 Å². The molecule has 2 heterocycles. The summed E-state index contributed by atoms with van der Waals surface area (Å²) in [5.74, 6) is 0.894. The van der Waals surface area contributed by atoms with Crippen LogP contribution < -0.4 is 4.74 Å². The normalized spacial score (nSPS) is 18.2.